The minimum atomic E-state index is 0.865. The first-order valence-corrected chi connectivity index (χ1v) is 20.2. The molecule has 3 heteroatoms. The van der Waals surface area contributed by atoms with Gasteiger partial charge < -0.3 is 13.9 Å². The zero-order valence-corrected chi connectivity index (χ0v) is 32.1. The Labute approximate surface area is 341 Å². The van der Waals surface area contributed by atoms with Crippen molar-refractivity contribution in [1.82, 2.24) is 4.57 Å². The lowest BCUT2D eigenvalue weighted by atomic mass is 9.98. The number of hydrogen-bond acceptors (Lipinski definition) is 2. The average molecular weight is 753 g/mol. The summed E-state index contributed by atoms with van der Waals surface area (Å²) in [5.41, 5.74) is 13.2. The summed E-state index contributed by atoms with van der Waals surface area (Å²) in [4.78, 5) is 2.33. The van der Waals surface area contributed by atoms with Gasteiger partial charge in [0.2, 0.25) is 0 Å². The Kier molecular flexibility index (Phi) is 7.54. The van der Waals surface area contributed by atoms with E-state index < -0.39 is 0 Å². The van der Waals surface area contributed by atoms with Crippen molar-refractivity contribution in [2.24, 2.45) is 0 Å². The Balaban J connectivity index is 0.967. The molecule has 2 heterocycles. The molecule has 0 saturated carbocycles. The van der Waals surface area contributed by atoms with Gasteiger partial charge in [-0.2, -0.15) is 0 Å². The van der Waals surface area contributed by atoms with Gasteiger partial charge in [-0.15, -0.1) is 0 Å². The monoisotopic (exact) mass is 752 g/mol. The van der Waals surface area contributed by atoms with Gasteiger partial charge in [-0.05, 0) is 105 Å². The predicted octanol–water partition coefficient (Wildman–Crippen LogP) is 15.8. The highest BCUT2D eigenvalue weighted by atomic mass is 16.3. The molecule has 276 valence electrons. The Morgan fingerprint density at radius 3 is 1.63 bits per heavy atom. The number of hydrogen-bond donors (Lipinski definition) is 0. The normalized spacial score (nSPS) is 11.7. The Hall–Kier alpha value is -7.88. The number of para-hydroxylation sites is 2. The SMILES string of the molecule is c1cc(-c2ccc(N(c3ccc(-c4cccc5ccccc45)cc3)c3ccc4c(c3)oc3c5ccccc5ccc43)cc2)cc(-n2c3ccccc3c3ccccc32)c1. The molecule has 0 aliphatic carbocycles. The smallest absolute Gasteiger partial charge is 0.143 e. The number of fused-ring (bicyclic) bond motifs is 9. The average Bonchev–Trinajstić information content (AvgIpc) is 3.85. The zero-order valence-electron chi connectivity index (χ0n) is 32.1. The molecule has 12 aromatic rings. The third-order valence-electron chi connectivity index (χ3n) is 12.0. The molecule has 0 bridgehead atoms. The molecular formula is C56H36N2O. The molecular weight excluding hydrogens is 717 g/mol. The molecule has 0 saturated heterocycles. The van der Waals surface area contributed by atoms with Crippen molar-refractivity contribution < 1.29 is 4.42 Å². The molecule has 2 aromatic heterocycles. The first-order chi connectivity index (χ1) is 29.2. The predicted molar refractivity (Wildman–Crippen MR) is 249 cm³/mol. The van der Waals surface area contributed by atoms with Gasteiger partial charge in [0.25, 0.3) is 0 Å². The third-order valence-corrected chi connectivity index (χ3v) is 12.0. The summed E-state index contributed by atoms with van der Waals surface area (Å²) < 4.78 is 9.07. The number of nitrogens with zero attached hydrogens (tertiary/aromatic N) is 2. The zero-order chi connectivity index (χ0) is 38.9. The number of furan rings is 1. The van der Waals surface area contributed by atoms with Crippen molar-refractivity contribution in [3.63, 3.8) is 0 Å². The Morgan fingerprint density at radius 2 is 0.898 bits per heavy atom. The van der Waals surface area contributed by atoms with E-state index in [-0.39, 0.29) is 0 Å². The third kappa shape index (κ3) is 5.44. The standard InChI is InChI=1S/C56H36N2O/c1-3-16-46-38(11-1)13-10-20-47(46)40-25-30-43(31-26-40)57(45-32-34-51-52-33-27-39-12-2-4-17-48(39)56(52)59-55(51)36-45)42-28-23-37(24-29-42)41-14-9-15-44(35-41)58-53-21-7-5-18-49(53)50-19-6-8-22-54(50)58/h1-36H. The van der Waals surface area contributed by atoms with Crippen molar-refractivity contribution in [3.8, 4) is 27.9 Å². The fraction of sp³-hybridized carbons (Fsp3) is 0. The van der Waals surface area contributed by atoms with Gasteiger partial charge in [-0.1, -0.05) is 146 Å². The summed E-state index contributed by atoms with van der Waals surface area (Å²) >= 11 is 0. The largest absolute Gasteiger partial charge is 0.455 e. The lowest BCUT2D eigenvalue weighted by Gasteiger charge is -2.26. The summed E-state index contributed by atoms with van der Waals surface area (Å²) in [5, 5.41) is 9.55. The fourth-order valence-electron chi connectivity index (χ4n) is 9.17. The van der Waals surface area contributed by atoms with E-state index in [0.29, 0.717) is 0 Å². The number of rotatable bonds is 6. The summed E-state index contributed by atoms with van der Waals surface area (Å²) in [5.74, 6) is 0. The van der Waals surface area contributed by atoms with Crippen LogP contribution in [-0.2, 0) is 0 Å². The molecule has 0 atom stereocenters. The van der Waals surface area contributed by atoms with E-state index in [9.17, 15) is 0 Å². The van der Waals surface area contributed by atoms with E-state index in [1.165, 1.54) is 49.1 Å². The van der Waals surface area contributed by atoms with Crippen molar-refractivity contribution in [2.75, 3.05) is 4.90 Å². The molecule has 12 rings (SSSR count). The molecule has 59 heavy (non-hydrogen) atoms. The molecule has 10 aromatic carbocycles. The maximum Gasteiger partial charge on any atom is 0.143 e. The fourth-order valence-corrected chi connectivity index (χ4v) is 9.17. The van der Waals surface area contributed by atoms with Crippen LogP contribution in [0.15, 0.2) is 223 Å². The minimum absolute atomic E-state index is 0.865. The lowest BCUT2D eigenvalue weighted by molar-refractivity contribution is 0.672. The van der Waals surface area contributed by atoms with Gasteiger partial charge in [0.1, 0.15) is 11.2 Å². The topological polar surface area (TPSA) is 21.3 Å². The van der Waals surface area contributed by atoms with E-state index in [1.54, 1.807) is 0 Å². The molecule has 0 amide bonds. The molecule has 0 aliphatic heterocycles. The highest BCUT2D eigenvalue weighted by Gasteiger charge is 2.18. The molecule has 0 unspecified atom stereocenters. The Bertz CT molecular complexity index is 3500. The van der Waals surface area contributed by atoms with E-state index in [1.807, 2.05) is 0 Å². The first kappa shape index (κ1) is 33.3. The van der Waals surface area contributed by atoms with Crippen molar-refractivity contribution in [2.45, 2.75) is 0 Å². The van der Waals surface area contributed by atoms with E-state index >= 15 is 0 Å². The quantitative estimate of drug-likeness (QED) is 0.169. The number of benzene rings is 10. The van der Waals surface area contributed by atoms with E-state index in [2.05, 4.69) is 228 Å². The van der Waals surface area contributed by atoms with E-state index in [4.69, 9.17) is 4.42 Å². The second kappa shape index (κ2) is 13.4. The van der Waals surface area contributed by atoms with Crippen molar-refractivity contribution in [3.05, 3.63) is 218 Å². The molecule has 3 nitrogen and oxygen atoms in total. The molecule has 0 radical (unpaired) electrons. The van der Waals surface area contributed by atoms with Gasteiger partial charge in [-0.3, -0.25) is 0 Å². The van der Waals surface area contributed by atoms with Crippen LogP contribution in [0.2, 0.25) is 0 Å². The van der Waals surface area contributed by atoms with Crippen LogP contribution in [0.4, 0.5) is 17.1 Å². The van der Waals surface area contributed by atoms with Gasteiger partial charge in [0.05, 0.1) is 11.0 Å². The van der Waals surface area contributed by atoms with Crippen LogP contribution in [0, 0.1) is 0 Å². The summed E-state index contributed by atoms with van der Waals surface area (Å²) in [7, 11) is 0. The minimum Gasteiger partial charge on any atom is -0.455 e. The summed E-state index contributed by atoms with van der Waals surface area (Å²) in [6, 6.07) is 78.7. The number of anilines is 3. The molecule has 0 spiro atoms. The first-order valence-electron chi connectivity index (χ1n) is 20.2. The lowest BCUT2D eigenvalue weighted by Crippen LogP contribution is -2.09. The van der Waals surface area contributed by atoms with Crippen LogP contribution >= 0.6 is 0 Å². The van der Waals surface area contributed by atoms with Crippen LogP contribution in [-0.4, -0.2) is 4.57 Å². The Morgan fingerprint density at radius 1 is 0.339 bits per heavy atom. The highest BCUT2D eigenvalue weighted by Crippen LogP contribution is 2.42. The van der Waals surface area contributed by atoms with Crippen molar-refractivity contribution in [1.29, 1.82) is 0 Å². The van der Waals surface area contributed by atoms with Gasteiger partial charge in [0.15, 0.2) is 0 Å². The van der Waals surface area contributed by atoms with Crippen LogP contribution in [0.5, 0.6) is 0 Å². The summed E-state index contributed by atoms with van der Waals surface area (Å²) in [6.45, 7) is 0. The molecule has 0 N–H and O–H groups in total. The maximum atomic E-state index is 6.69. The maximum absolute atomic E-state index is 6.69. The van der Waals surface area contributed by atoms with Crippen LogP contribution < -0.4 is 4.90 Å². The van der Waals surface area contributed by atoms with Gasteiger partial charge in [0, 0.05) is 55.7 Å². The number of aromatic nitrogens is 1. The second-order valence-electron chi connectivity index (χ2n) is 15.3. The van der Waals surface area contributed by atoms with Crippen LogP contribution in [0.25, 0.3) is 93.2 Å². The molecule has 0 fully saturated rings. The summed E-state index contributed by atoms with van der Waals surface area (Å²) in [6.07, 6.45) is 0. The second-order valence-corrected chi connectivity index (χ2v) is 15.3. The van der Waals surface area contributed by atoms with Crippen LogP contribution in [0.1, 0.15) is 0 Å². The van der Waals surface area contributed by atoms with Crippen LogP contribution in [0.3, 0.4) is 0 Å². The highest BCUT2D eigenvalue weighted by molar-refractivity contribution is 6.15. The van der Waals surface area contributed by atoms with E-state index in [0.717, 1.165) is 61.2 Å². The van der Waals surface area contributed by atoms with Gasteiger partial charge in [-0.25, -0.2) is 0 Å². The van der Waals surface area contributed by atoms with Gasteiger partial charge >= 0.3 is 0 Å². The van der Waals surface area contributed by atoms with Crippen molar-refractivity contribution >= 4 is 82.4 Å². The molecule has 0 aliphatic rings.